The van der Waals surface area contributed by atoms with Crippen molar-refractivity contribution in [2.24, 2.45) is 0 Å². The first-order valence-electron chi connectivity index (χ1n) is 3.86. The summed E-state index contributed by atoms with van der Waals surface area (Å²) in [4.78, 5) is 27.6. The molecule has 0 aliphatic heterocycles. The lowest BCUT2D eigenvalue weighted by Crippen LogP contribution is -2.37. The first-order chi connectivity index (χ1) is 6.78. The Labute approximate surface area is 90.7 Å². The fourth-order valence-corrected chi connectivity index (χ4v) is 1.53. The average molecular weight is 260 g/mol. The van der Waals surface area contributed by atoms with Crippen LogP contribution in [-0.2, 0) is 13.9 Å². The van der Waals surface area contributed by atoms with E-state index in [0.717, 1.165) is 0 Å². The third-order valence-electron chi connectivity index (χ3n) is 1.41. The summed E-state index contributed by atoms with van der Waals surface area (Å²) in [5, 5.41) is 18.3. The van der Waals surface area contributed by atoms with Gasteiger partial charge in [0.2, 0.25) is 0 Å². The quantitative estimate of drug-likeness (QED) is 0.418. The number of phosphoric ester groups is 1. The summed E-state index contributed by atoms with van der Waals surface area (Å²) in [6, 6.07) is 0. The largest absolute Gasteiger partial charge is 0.470 e. The number of aliphatic hydroxyl groups is 2. The number of ketones is 1. The molecule has 0 aliphatic rings. The van der Waals surface area contributed by atoms with Gasteiger partial charge in [0.25, 0.3) is 0 Å². The molecule has 0 saturated heterocycles. The summed E-state index contributed by atoms with van der Waals surface area (Å²) in [5.74, 6) is -0.831. The zero-order chi connectivity index (χ0) is 12.1. The molecule has 0 rings (SSSR count). The lowest BCUT2D eigenvalue weighted by Gasteiger charge is -2.15. The van der Waals surface area contributed by atoms with E-state index in [4.69, 9.17) is 14.9 Å². The molecule has 0 radical (unpaired) electrons. The molecular weight excluding hydrogens is 247 g/mol. The summed E-state index contributed by atoms with van der Waals surface area (Å²) >= 11 is 1.22. The number of phosphoric acid groups is 1. The first-order valence-corrected chi connectivity index (χ1v) is 6.78. The van der Waals surface area contributed by atoms with Crippen LogP contribution in [0.2, 0.25) is 0 Å². The highest BCUT2D eigenvalue weighted by atomic mass is 32.2. The Kier molecular flexibility index (Phi) is 6.62. The van der Waals surface area contributed by atoms with Crippen molar-refractivity contribution in [1.29, 1.82) is 0 Å². The topological polar surface area (TPSA) is 124 Å². The number of thioether (sulfide) groups is 1. The number of aliphatic hydroxyl groups excluding tert-OH is 2. The summed E-state index contributed by atoms with van der Waals surface area (Å²) in [6.45, 7) is -0.934. The van der Waals surface area contributed by atoms with E-state index in [0.29, 0.717) is 0 Å². The number of Topliss-reactive ketones (excluding diaryl/α,β-unsaturated/α-hetero) is 1. The van der Waals surface area contributed by atoms with E-state index >= 15 is 0 Å². The van der Waals surface area contributed by atoms with E-state index in [9.17, 15) is 14.5 Å². The molecule has 2 atom stereocenters. The van der Waals surface area contributed by atoms with Crippen molar-refractivity contribution in [2.45, 2.75) is 12.2 Å². The van der Waals surface area contributed by atoms with Crippen LogP contribution in [-0.4, -0.2) is 56.6 Å². The van der Waals surface area contributed by atoms with Gasteiger partial charge in [-0.3, -0.25) is 9.32 Å². The fourth-order valence-electron chi connectivity index (χ4n) is 0.710. The molecule has 0 saturated carbocycles. The van der Waals surface area contributed by atoms with Gasteiger partial charge in [0, 0.05) is 5.75 Å². The van der Waals surface area contributed by atoms with Crippen molar-refractivity contribution in [3.63, 3.8) is 0 Å². The maximum Gasteiger partial charge on any atom is 0.470 e. The van der Waals surface area contributed by atoms with Crippen molar-refractivity contribution < 1.29 is 33.9 Å². The third kappa shape index (κ3) is 7.02. The second-order valence-corrected chi connectivity index (χ2v) is 4.85. The van der Waals surface area contributed by atoms with Crippen LogP contribution in [0.4, 0.5) is 0 Å². The normalized spacial score (nSPS) is 16.1. The molecule has 0 amide bonds. The molecular formula is C6H13O7PS. The molecule has 0 aromatic carbocycles. The highest BCUT2D eigenvalue weighted by Crippen LogP contribution is 2.35. The van der Waals surface area contributed by atoms with E-state index in [1.165, 1.54) is 11.8 Å². The number of hydrogen-bond donors (Lipinski definition) is 4. The highest BCUT2D eigenvalue weighted by molar-refractivity contribution is 7.98. The van der Waals surface area contributed by atoms with E-state index in [-0.39, 0.29) is 5.75 Å². The molecule has 0 spiro atoms. The van der Waals surface area contributed by atoms with Crippen LogP contribution in [0.3, 0.4) is 0 Å². The maximum absolute atomic E-state index is 11.0. The van der Waals surface area contributed by atoms with Crippen molar-refractivity contribution in [2.75, 3.05) is 18.6 Å². The molecule has 0 aromatic heterocycles. The minimum absolute atomic E-state index is 0.142. The number of carbonyl (C=O) groups is 1. The molecule has 4 N–H and O–H groups in total. The lowest BCUT2D eigenvalue weighted by molar-refractivity contribution is -0.134. The number of carbonyl (C=O) groups excluding carboxylic acids is 1. The Balaban J connectivity index is 4.05. The summed E-state index contributed by atoms with van der Waals surface area (Å²) in [7, 11) is -4.72. The van der Waals surface area contributed by atoms with Gasteiger partial charge in [-0.05, 0) is 6.26 Å². The predicted octanol–water partition coefficient (Wildman–Crippen LogP) is -1.25. The summed E-state index contributed by atoms with van der Waals surface area (Å²) in [5.41, 5.74) is 0. The van der Waals surface area contributed by atoms with Crippen molar-refractivity contribution in [3.8, 4) is 0 Å². The van der Waals surface area contributed by atoms with E-state index < -0.39 is 32.4 Å². The van der Waals surface area contributed by atoms with Crippen LogP contribution in [0.1, 0.15) is 0 Å². The minimum Gasteiger partial charge on any atom is -0.389 e. The Morgan fingerprint density at radius 3 is 2.40 bits per heavy atom. The van der Waals surface area contributed by atoms with Crippen molar-refractivity contribution >= 4 is 25.4 Å². The van der Waals surface area contributed by atoms with Gasteiger partial charge in [-0.15, -0.1) is 0 Å². The molecule has 0 bridgehead atoms. The van der Waals surface area contributed by atoms with Crippen molar-refractivity contribution in [3.05, 3.63) is 0 Å². The monoisotopic (exact) mass is 260 g/mol. The second kappa shape index (κ2) is 6.59. The molecule has 0 unspecified atom stereocenters. The van der Waals surface area contributed by atoms with Gasteiger partial charge in [-0.25, -0.2) is 4.57 Å². The smallest absolute Gasteiger partial charge is 0.389 e. The molecule has 0 aliphatic carbocycles. The molecule has 9 heteroatoms. The SMILES string of the molecule is CSC[C@@H](O)[C@@H](O)C(=O)COP(=O)(O)O. The number of hydrogen-bond acceptors (Lipinski definition) is 6. The average Bonchev–Trinajstić information content (AvgIpc) is 2.12. The Morgan fingerprint density at radius 2 is 2.00 bits per heavy atom. The molecule has 90 valence electrons. The van der Waals surface area contributed by atoms with Crippen LogP contribution in [0.15, 0.2) is 0 Å². The van der Waals surface area contributed by atoms with Crippen LogP contribution in [0, 0.1) is 0 Å². The molecule has 0 aromatic rings. The van der Waals surface area contributed by atoms with E-state index in [1.807, 2.05) is 0 Å². The summed E-state index contributed by atoms with van der Waals surface area (Å²) < 4.78 is 14.1. The predicted molar refractivity (Wildman–Crippen MR) is 53.4 cm³/mol. The Hall–Kier alpha value is 0.0500. The molecule has 7 nitrogen and oxygen atoms in total. The van der Waals surface area contributed by atoms with Gasteiger partial charge in [-0.1, -0.05) is 0 Å². The maximum atomic E-state index is 11.0. The van der Waals surface area contributed by atoms with Gasteiger partial charge in [0.05, 0.1) is 6.10 Å². The Bertz CT molecular complexity index is 252. The highest BCUT2D eigenvalue weighted by Gasteiger charge is 2.26. The van der Waals surface area contributed by atoms with Crippen molar-refractivity contribution in [1.82, 2.24) is 0 Å². The van der Waals surface area contributed by atoms with E-state index in [2.05, 4.69) is 4.52 Å². The third-order valence-corrected chi connectivity index (χ3v) is 2.55. The van der Waals surface area contributed by atoms with Crippen LogP contribution in [0.25, 0.3) is 0 Å². The second-order valence-electron chi connectivity index (χ2n) is 2.70. The first kappa shape index (κ1) is 15.0. The molecule has 15 heavy (non-hydrogen) atoms. The minimum atomic E-state index is -4.72. The zero-order valence-corrected chi connectivity index (χ0v) is 9.65. The number of rotatable bonds is 7. The summed E-state index contributed by atoms with van der Waals surface area (Å²) in [6.07, 6.45) is -1.29. The van der Waals surface area contributed by atoms with Crippen LogP contribution < -0.4 is 0 Å². The van der Waals surface area contributed by atoms with Gasteiger partial charge in [-0.2, -0.15) is 11.8 Å². The zero-order valence-electron chi connectivity index (χ0n) is 7.94. The standard InChI is InChI=1S/C6H13O7PS/c1-15-3-5(8)6(9)4(7)2-13-14(10,11)12/h5-6,8-9H,2-3H2,1H3,(H2,10,11,12)/t5-,6+/m1/s1. The van der Waals surface area contributed by atoms with Crippen LogP contribution in [0.5, 0.6) is 0 Å². The van der Waals surface area contributed by atoms with Gasteiger partial charge >= 0.3 is 7.82 Å². The van der Waals surface area contributed by atoms with Gasteiger partial charge < -0.3 is 20.0 Å². The lowest BCUT2D eigenvalue weighted by atomic mass is 10.1. The van der Waals surface area contributed by atoms with Gasteiger partial charge in [0.1, 0.15) is 12.7 Å². The molecule has 0 fully saturated rings. The van der Waals surface area contributed by atoms with Crippen LogP contribution >= 0.6 is 19.6 Å². The fraction of sp³-hybridized carbons (Fsp3) is 0.833. The Morgan fingerprint density at radius 1 is 1.47 bits per heavy atom. The van der Waals surface area contributed by atoms with Gasteiger partial charge in [0.15, 0.2) is 5.78 Å². The van der Waals surface area contributed by atoms with E-state index in [1.54, 1.807) is 6.26 Å². The molecule has 0 heterocycles.